The molecule has 0 aromatic heterocycles. The second-order valence-electron chi connectivity index (χ2n) is 23.6. The van der Waals surface area contributed by atoms with Gasteiger partial charge in [-0.2, -0.15) is 0 Å². The van der Waals surface area contributed by atoms with Crippen molar-refractivity contribution >= 4 is 5.78 Å². The molecule has 5 heterocycles. The summed E-state index contributed by atoms with van der Waals surface area (Å²) in [5, 5.41) is 148. The van der Waals surface area contributed by atoms with Crippen molar-refractivity contribution in [2.24, 2.45) is 46.3 Å². The summed E-state index contributed by atoms with van der Waals surface area (Å²) in [4.78, 5) is 14.8. The van der Waals surface area contributed by atoms with E-state index in [4.69, 9.17) is 47.4 Å². The van der Waals surface area contributed by atoms with Crippen molar-refractivity contribution in [1.82, 2.24) is 0 Å². The average Bonchev–Trinajstić information content (AvgIpc) is 4.01. The number of allylic oxidation sites excluding steroid dienone is 2. The molecule has 0 spiro atoms. The van der Waals surface area contributed by atoms with Gasteiger partial charge in [0.05, 0.1) is 51.3 Å². The SMILES string of the molecule is CO[C@]1(CC[C@@H](C)CO[C@@H]2O[C@H](CO)[C@@H](O)[C@H](O)[C@H]2O)O[C@H]2C[C@H]3[C@@H]4CC[C@H]5C[C@@H](O[C@@H]6O[C@H](CO)[C@H](O[C@@H]7O[C@H](CO)[C@@H](O)[C@H](O)[C@H]7O[C@@H]7OC[C@@H](O)[C@H](O)[C@H]7O)[C@H](O)[C@H]6O)[C@H](O)C[C@]5(C)C4=CC(=O)[C@]3(C)[C@H]2[C@@H]1C. The molecule has 31 atom stereocenters. The Bertz CT molecular complexity index is 2020. The molecule has 0 unspecified atom stereocenters. The Morgan fingerprint density at radius 2 is 1.29 bits per heavy atom. The second kappa shape index (κ2) is 23.0. The van der Waals surface area contributed by atoms with E-state index in [0.717, 1.165) is 18.4 Å². The van der Waals surface area contributed by atoms with Crippen molar-refractivity contribution in [1.29, 1.82) is 0 Å². The monoisotopic (exact) mass is 1090 g/mol. The van der Waals surface area contributed by atoms with Gasteiger partial charge in [0, 0.05) is 30.8 Å². The lowest BCUT2D eigenvalue weighted by molar-refractivity contribution is -0.386. The minimum absolute atomic E-state index is 0.00167. The van der Waals surface area contributed by atoms with Crippen molar-refractivity contribution in [3.8, 4) is 0 Å². The Kier molecular flexibility index (Phi) is 17.9. The molecule has 14 N–H and O–H groups in total. The number of rotatable bonds is 16. The molecule has 5 aliphatic heterocycles. The molecule has 9 aliphatic rings. The fourth-order valence-corrected chi connectivity index (χ4v) is 14.8. The number of aliphatic hydroxyl groups is 14. The van der Waals surface area contributed by atoms with Gasteiger partial charge in [-0.1, -0.05) is 33.3 Å². The molecule has 0 bridgehead atoms. The third kappa shape index (κ3) is 10.2. The van der Waals surface area contributed by atoms with Gasteiger partial charge in [0.25, 0.3) is 0 Å². The highest BCUT2D eigenvalue weighted by atomic mass is 16.8. The van der Waals surface area contributed by atoms with Crippen molar-refractivity contribution < 1.29 is 124 Å². The lowest BCUT2D eigenvalue weighted by atomic mass is 9.47. The number of carbonyl (C=O) groups is 1. The summed E-state index contributed by atoms with van der Waals surface area (Å²) in [6, 6.07) is 0. The zero-order valence-corrected chi connectivity index (χ0v) is 43.5. The first-order valence-corrected chi connectivity index (χ1v) is 26.9. The van der Waals surface area contributed by atoms with Crippen molar-refractivity contribution in [2.75, 3.05) is 40.1 Å². The third-order valence-corrected chi connectivity index (χ3v) is 19.3. The number of hydrogen-bond acceptors (Lipinski definition) is 25. The first kappa shape index (κ1) is 59.1. The topological polar surface area (TPSA) is 393 Å². The highest BCUT2D eigenvalue weighted by molar-refractivity contribution is 5.97. The van der Waals surface area contributed by atoms with Crippen LogP contribution in [0.25, 0.3) is 0 Å². The van der Waals surface area contributed by atoms with Gasteiger partial charge in [-0.15, -0.1) is 0 Å². The Balaban J connectivity index is 0.829. The predicted octanol–water partition coefficient (Wildman–Crippen LogP) is -4.59. The van der Waals surface area contributed by atoms with Gasteiger partial charge in [0.15, 0.2) is 36.7 Å². The molecule has 3 saturated carbocycles. The van der Waals surface area contributed by atoms with E-state index in [0.29, 0.717) is 25.7 Å². The number of fused-ring (bicyclic) bond motifs is 7. The molecule has 0 radical (unpaired) electrons. The summed E-state index contributed by atoms with van der Waals surface area (Å²) in [5.74, 6) is -1.52. The van der Waals surface area contributed by atoms with E-state index in [1.165, 1.54) is 0 Å². The summed E-state index contributed by atoms with van der Waals surface area (Å²) >= 11 is 0. The standard InChI is InChI=1S/C51H82O25/c1-19(17-68-45-41(65)37(61)35(59)29(14-52)71-45)8-9-51(67-5)20(2)33-28(76-51)11-24-22-7-6-21-10-27(25(55)13-49(21,3)23(22)12-32(57)50(24,33)4)70-47-42(66)39(63)43(31(16-54)73-47)74-48-44(38(62)36(60)30(15-53)72-48)75-46-40(64)34(58)26(56)18-69-46/h12,19-22,24-31,33-48,52-56,58-66H,6-11,13-18H2,1-5H3/t19-,20+,21+,22-,24+,25-,26-,27-,28+,29-,30-,31-,33+,34+,35-,36-,37+,38+,39-,40-,41-,42-,43+,44-,45-,46+,47-,48+,49+,50-,51-/m1/s1. The van der Waals surface area contributed by atoms with Crippen LogP contribution < -0.4 is 0 Å². The molecule has 9 rings (SSSR count). The maximum Gasteiger partial charge on any atom is 0.187 e. The van der Waals surface area contributed by atoms with Crippen LogP contribution in [0.3, 0.4) is 0 Å². The van der Waals surface area contributed by atoms with Gasteiger partial charge in [0.2, 0.25) is 0 Å². The highest BCUT2D eigenvalue weighted by Gasteiger charge is 2.70. The third-order valence-electron chi connectivity index (χ3n) is 19.3. The normalized spacial score (nSPS) is 53.8. The summed E-state index contributed by atoms with van der Waals surface area (Å²) in [5.41, 5.74) is -0.382. The fourth-order valence-electron chi connectivity index (χ4n) is 14.8. The van der Waals surface area contributed by atoms with E-state index in [-0.39, 0.29) is 60.4 Å². The molecule has 25 heteroatoms. The number of methoxy groups -OCH3 is 1. The van der Waals surface area contributed by atoms with Crippen LogP contribution in [0, 0.1) is 46.3 Å². The lowest BCUT2D eigenvalue weighted by Crippen LogP contribution is -2.66. The Morgan fingerprint density at radius 1 is 0.684 bits per heavy atom. The van der Waals surface area contributed by atoms with Crippen molar-refractivity contribution in [3.05, 3.63) is 11.6 Å². The zero-order valence-electron chi connectivity index (χ0n) is 43.5. The molecule has 0 aromatic carbocycles. The minimum atomic E-state index is -1.88. The largest absolute Gasteiger partial charge is 0.394 e. The predicted molar refractivity (Wildman–Crippen MR) is 252 cm³/mol. The van der Waals surface area contributed by atoms with Gasteiger partial charge in [-0.3, -0.25) is 4.79 Å². The Hall–Kier alpha value is -1.55. The Morgan fingerprint density at radius 3 is 1.96 bits per heavy atom. The summed E-state index contributed by atoms with van der Waals surface area (Å²) in [6.07, 6.45) is -27.4. The number of hydrogen-bond donors (Lipinski definition) is 14. The highest BCUT2D eigenvalue weighted by Crippen LogP contribution is 2.69. The molecule has 8 fully saturated rings. The molecular weight excluding hydrogens is 1010 g/mol. The van der Waals surface area contributed by atoms with E-state index in [1.807, 2.05) is 13.0 Å². The number of ketones is 1. The minimum Gasteiger partial charge on any atom is -0.394 e. The maximum absolute atomic E-state index is 14.8. The van der Waals surface area contributed by atoms with Crippen LogP contribution in [0.4, 0.5) is 0 Å². The zero-order chi connectivity index (χ0) is 55.1. The van der Waals surface area contributed by atoms with E-state index < -0.39 is 172 Å². The molecule has 25 nitrogen and oxygen atoms in total. The van der Waals surface area contributed by atoms with Gasteiger partial charge < -0.3 is 119 Å². The maximum atomic E-state index is 14.8. The van der Waals surface area contributed by atoms with Crippen LogP contribution in [0.2, 0.25) is 0 Å². The summed E-state index contributed by atoms with van der Waals surface area (Å²) in [7, 11) is 1.61. The smallest absolute Gasteiger partial charge is 0.187 e. The molecular formula is C51H82O25. The van der Waals surface area contributed by atoms with Crippen LogP contribution in [0.5, 0.6) is 0 Å². The molecule has 4 aliphatic carbocycles. The van der Waals surface area contributed by atoms with Crippen LogP contribution in [0.1, 0.15) is 72.6 Å². The van der Waals surface area contributed by atoms with E-state index in [2.05, 4.69) is 20.8 Å². The van der Waals surface area contributed by atoms with Crippen LogP contribution >= 0.6 is 0 Å². The Labute approximate surface area is 440 Å². The van der Waals surface area contributed by atoms with Crippen molar-refractivity contribution in [3.63, 3.8) is 0 Å². The van der Waals surface area contributed by atoms with Crippen LogP contribution in [-0.2, 0) is 52.2 Å². The molecule has 436 valence electrons. The van der Waals surface area contributed by atoms with Crippen LogP contribution in [0.15, 0.2) is 11.6 Å². The van der Waals surface area contributed by atoms with Gasteiger partial charge >= 0.3 is 0 Å². The fraction of sp³-hybridized carbons (Fsp3) is 0.941. The number of carbonyl (C=O) groups excluding carboxylic acids is 1. The average molecular weight is 1100 g/mol. The van der Waals surface area contributed by atoms with Crippen molar-refractivity contribution in [2.45, 2.75) is 213 Å². The molecule has 0 amide bonds. The van der Waals surface area contributed by atoms with E-state index in [1.54, 1.807) is 7.11 Å². The van der Waals surface area contributed by atoms with Gasteiger partial charge in [0.1, 0.15) is 91.6 Å². The van der Waals surface area contributed by atoms with Gasteiger partial charge in [-0.05, 0) is 73.7 Å². The molecule has 0 aromatic rings. The second-order valence-corrected chi connectivity index (χ2v) is 23.6. The van der Waals surface area contributed by atoms with Gasteiger partial charge in [-0.25, -0.2) is 0 Å². The summed E-state index contributed by atoms with van der Waals surface area (Å²) in [6.45, 7) is 5.63. The summed E-state index contributed by atoms with van der Waals surface area (Å²) < 4.78 is 59.4. The lowest BCUT2D eigenvalue weighted by Gasteiger charge is -2.57. The van der Waals surface area contributed by atoms with Crippen LogP contribution in [-0.4, -0.2) is 258 Å². The molecule has 5 saturated heterocycles. The number of ether oxygens (including phenoxy) is 10. The number of aliphatic hydroxyl groups excluding tert-OH is 14. The van der Waals surface area contributed by atoms with E-state index in [9.17, 15) is 76.3 Å². The van der Waals surface area contributed by atoms with E-state index >= 15 is 0 Å². The quantitative estimate of drug-likeness (QED) is 0.0647. The first-order chi connectivity index (χ1) is 36.0. The molecule has 76 heavy (non-hydrogen) atoms. The first-order valence-electron chi connectivity index (χ1n) is 26.9.